The van der Waals surface area contributed by atoms with Crippen LogP contribution in [0.1, 0.15) is 57.8 Å². The minimum Gasteiger partial charge on any atom is -0.359 e. The van der Waals surface area contributed by atoms with E-state index in [2.05, 4.69) is 5.32 Å². The van der Waals surface area contributed by atoms with Crippen molar-refractivity contribution in [3.63, 3.8) is 0 Å². The molecule has 1 aliphatic heterocycles. The second-order valence-electron chi connectivity index (χ2n) is 6.03. The van der Waals surface area contributed by atoms with Crippen LogP contribution in [0.2, 0.25) is 0 Å². The average molecular weight is 252 g/mol. The summed E-state index contributed by atoms with van der Waals surface area (Å²) in [4.78, 5) is 4.77. The summed E-state index contributed by atoms with van der Waals surface area (Å²) in [7, 11) is 0. The van der Waals surface area contributed by atoms with Crippen molar-refractivity contribution in [3.05, 3.63) is 0 Å². The smallest absolute Gasteiger partial charge is 0.157 e. The largest absolute Gasteiger partial charge is 0.359 e. The lowest BCUT2D eigenvalue weighted by atomic mass is 10.0. The van der Waals surface area contributed by atoms with Crippen LogP contribution in [0.25, 0.3) is 0 Å². The summed E-state index contributed by atoms with van der Waals surface area (Å²) in [6.45, 7) is 1.05. The van der Waals surface area contributed by atoms with E-state index in [4.69, 9.17) is 4.99 Å². The molecule has 0 aromatic carbocycles. The summed E-state index contributed by atoms with van der Waals surface area (Å²) in [5.41, 5.74) is 0.441. The summed E-state index contributed by atoms with van der Waals surface area (Å²) in [6, 6.07) is 0. The van der Waals surface area contributed by atoms with Gasteiger partial charge in [-0.25, -0.2) is 0 Å². The first-order chi connectivity index (χ1) is 8.36. The van der Waals surface area contributed by atoms with Crippen molar-refractivity contribution in [2.45, 2.75) is 63.3 Å². The summed E-state index contributed by atoms with van der Waals surface area (Å²) in [6.07, 6.45) is 12.7. The number of nitrogens with one attached hydrogen (secondary N) is 1. The maximum atomic E-state index is 4.77. The van der Waals surface area contributed by atoms with E-state index >= 15 is 0 Å². The van der Waals surface area contributed by atoms with Crippen molar-refractivity contribution in [1.29, 1.82) is 0 Å². The van der Waals surface area contributed by atoms with Crippen LogP contribution in [0.15, 0.2) is 4.99 Å². The van der Waals surface area contributed by atoms with Crippen LogP contribution in [-0.2, 0) is 0 Å². The highest BCUT2D eigenvalue weighted by atomic mass is 32.2. The second kappa shape index (κ2) is 5.21. The normalized spacial score (nSPS) is 30.5. The topological polar surface area (TPSA) is 24.4 Å². The highest BCUT2D eigenvalue weighted by Crippen LogP contribution is 2.37. The summed E-state index contributed by atoms with van der Waals surface area (Å²) in [5.74, 6) is 2.24. The van der Waals surface area contributed by atoms with Gasteiger partial charge >= 0.3 is 0 Å². The van der Waals surface area contributed by atoms with Crippen LogP contribution in [0.5, 0.6) is 0 Å². The first kappa shape index (κ1) is 11.9. The van der Waals surface area contributed by atoms with Gasteiger partial charge in [0, 0.05) is 17.8 Å². The van der Waals surface area contributed by atoms with E-state index < -0.39 is 0 Å². The van der Waals surface area contributed by atoms with Crippen molar-refractivity contribution in [3.8, 4) is 0 Å². The van der Waals surface area contributed by atoms with Gasteiger partial charge in [0.1, 0.15) is 0 Å². The number of hydrogen-bond donors (Lipinski definition) is 1. The molecular formula is C14H24N2S. The maximum absolute atomic E-state index is 4.77. The number of amidine groups is 1. The predicted molar refractivity (Wildman–Crippen MR) is 75.7 cm³/mol. The van der Waals surface area contributed by atoms with Gasteiger partial charge in [-0.15, -0.1) is 0 Å². The Morgan fingerprint density at radius 1 is 1.18 bits per heavy atom. The number of rotatable bonds is 3. The van der Waals surface area contributed by atoms with E-state index in [1.54, 1.807) is 0 Å². The fraction of sp³-hybridized carbons (Fsp3) is 0.929. The van der Waals surface area contributed by atoms with Gasteiger partial charge in [-0.05, 0) is 25.2 Å². The molecule has 3 aliphatic rings. The quantitative estimate of drug-likeness (QED) is 0.830. The van der Waals surface area contributed by atoms with E-state index in [0.29, 0.717) is 5.54 Å². The summed E-state index contributed by atoms with van der Waals surface area (Å²) >= 11 is 1.96. The monoisotopic (exact) mass is 252 g/mol. The Bertz CT molecular complexity index is 289. The molecule has 0 unspecified atom stereocenters. The Kier molecular flexibility index (Phi) is 3.64. The molecule has 0 aromatic rings. The van der Waals surface area contributed by atoms with Crippen molar-refractivity contribution >= 4 is 16.9 Å². The van der Waals surface area contributed by atoms with Gasteiger partial charge in [-0.1, -0.05) is 50.3 Å². The molecule has 1 heterocycles. The fourth-order valence-electron chi connectivity index (χ4n) is 3.56. The van der Waals surface area contributed by atoms with Gasteiger partial charge in [-0.3, -0.25) is 4.99 Å². The first-order valence-corrected chi connectivity index (χ1v) is 8.30. The molecule has 96 valence electrons. The lowest BCUT2D eigenvalue weighted by Gasteiger charge is -2.21. The molecule has 1 N–H and O–H groups in total. The SMILES string of the molecule is C1CCC(CCN=C2NC3(CCCC3)CS2)C1. The van der Waals surface area contributed by atoms with E-state index in [-0.39, 0.29) is 0 Å². The molecule has 0 aromatic heterocycles. The molecule has 0 amide bonds. The molecule has 3 rings (SSSR count). The highest BCUT2D eigenvalue weighted by Gasteiger charge is 2.39. The molecule has 17 heavy (non-hydrogen) atoms. The molecule has 2 nitrogen and oxygen atoms in total. The van der Waals surface area contributed by atoms with Crippen molar-refractivity contribution < 1.29 is 0 Å². The van der Waals surface area contributed by atoms with Crippen molar-refractivity contribution in [1.82, 2.24) is 5.32 Å². The number of thioether (sulfide) groups is 1. The molecular weight excluding hydrogens is 228 g/mol. The van der Waals surface area contributed by atoms with Gasteiger partial charge < -0.3 is 5.32 Å². The molecule has 3 heteroatoms. The summed E-state index contributed by atoms with van der Waals surface area (Å²) in [5, 5.41) is 4.95. The minimum absolute atomic E-state index is 0.441. The minimum atomic E-state index is 0.441. The van der Waals surface area contributed by atoms with Crippen molar-refractivity contribution in [2.75, 3.05) is 12.3 Å². The second-order valence-corrected chi connectivity index (χ2v) is 6.99. The van der Waals surface area contributed by atoms with E-state index in [9.17, 15) is 0 Å². The third kappa shape index (κ3) is 2.81. The Morgan fingerprint density at radius 2 is 1.94 bits per heavy atom. The molecule has 2 aliphatic carbocycles. The van der Waals surface area contributed by atoms with Gasteiger partial charge in [0.05, 0.1) is 0 Å². The Labute approximate surface area is 109 Å². The third-order valence-electron chi connectivity index (χ3n) is 4.69. The zero-order chi connectivity index (χ0) is 11.6. The van der Waals surface area contributed by atoms with Gasteiger partial charge in [0.15, 0.2) is 5.17 Å². The van der Waals surface area contributed by atoms with Crippen LogP contribution in [0.3, 0.4) is 0 Å². The number of hydrogen-bond acceptors (Lipinski definition) is 2. The van der Waals surface area contributed by atoms with E-state index in [0.717, 1.165) is 12.5 Å². The lowest BCUT2D eigenvalue weighted by molar-refractivity contribution is 0.451. The zero-order valence-corrected chi connectivity index (χ0v) is 11.5. The van der Waals surface area contributed by atoms with Gasteiger partial charge in [0.2, 0.25) is 0 Å². The van der Waals surface area contributed by atoms with E-state index in [1.807, 2.05) is 11.8 Å². The van der Waals surface area contributed by atoms with Crippen LogP contribution >= 0.6 is 11.8 Å². The van der Waals surface area contributed by atoms with Gasteiger partial charge in [-0.2, -0.15) is 0 Å². The van der Waals surface area contributed by atoms with Crippen molar-refractivity contribution in [2.24, 2.45) is 10.9 Å². The molecule has 3 fully saturated rings. The molecule has 2 saturated carbocycles. The highest BCUT2D eigenvalue weighted by molar-refractivity contribution is 8.14. The molecule has 0 atom stereocenters. The summed E-state index contributed by atoms with van der Waals surface area (Å²) < 4.78 is 0. The Hall–Kier alpha value is -0.180. The molecule has 1 spiro atoms. The van der Waals surface area contributed by atoms with Crippen LogP contribution < -0.4 is 5.32 Å². The average Bonchev–Trinajstić information content (AvgIpc) is 3.04. The van der Waals surface area contributed by atoms with E-state index in [1.165, 1.54) is 68.7 Å². The van der Waals surface area contributed by atoms with Crippen LogP contribution in [-0.4, -0.2) is 23.0 Å². The fourth-order valence-corrected chi connectivity index (χ4v) is 4.80. The first-order valence-electron chi connectivity index (χ1n) is 7.32. The lowest BCUT2D eigenvalue weighted by Crippen LogP contribution is -2.40. The molecule has 0 bridgehead atoms. The standard InChI is InChI=1S/C14H24N2S/c1-2-6-12(5-1)7-10-15-13-16-14(11-17-13)8-3-4-9-14/h12H,1-11H2,(H,15,16). The zero-order valence-electron chi connectivity index (χ0n) is 10.7. The van der Waals surface area contributed by atoms with Crippen LogP contribution in [0.4, 0.5) is 0 Å². The molecule has 0 radical (unpaired) electrons. The Balaban J connectivity index is 1.45. The number of nitrogens with zero attached hydrogens (tertiary/aromatic N) is 1. The maximum Gasteiger partial charge on any atom is 0.157 e. The van der Waals surface area contributed by atoms with Gasteiger partial charge in [0.25, 0.3) is 0 Å². The predicted octanol–water partition coefficient (Wildman–Crippen LogP) is 3.57. The third-order valence-corrected chi connectivity index (χ3v) is 5.89. The van der Waals surface area contributed by atoms with Crippen LogP contribution in [0, 0.1) is 5.92 Å². The number of aliphatic imine (C=N–C) groups is 1. The molecule has 1 saturated heterocycles. The Morgan fingerprint density at radius 3 is 2.71 bits per heavy atom.